The van der Waals surface area contributed by atoms with E-state index < -0.39 is 29.3 Å². The first-order valence-corrected chi connectivity index (χ1v) is 7.41. The maximum Gasteiger partial charge on any atom is 0.319 e. The van der Waals surface area contributed by atoms with E-state index in [0.717, 1.165) is 12.1 Å². The van der Waals surface area contributed by atoms with Crippen LogP contribution in [0.1, 0.15) is 18.6 Å². The van der Waals surface area contributed by atoms with Crippen LogP contribution in [0.5, 0.6) is 5.75 Å². The lowest BCUT2D eigenvalue weighted by Gasteiger charge is -2.14. The molecular weight excluding hydrogens is 318 g/mol. The average Bonchev–Trinajstić information content (AvgIpc) is 2.55. The molecule has 128 valence electrons. The van der Waals surface area contributed by atoms with Gasteiger partial charge in [-0.05, 0) is 43.3 Å². The van der Waals surface area contributed by atoms with Crippen molar-refractivity contribution in [3.63, 3.8) is 0 Å². The van der Waals surface area contributed by atoms with E-state index in [2.05, 4.69) is 10.6 Å². The molecule has 2 aromatic carbocycles. The lowest BCUT2D eigenvalue weighted by Crippen LogP contribution is -2.32. The van der Waals surface area contributed by atoms with Crippen molar-refractivity contribution < 1.29 is 23.4 Å². The van der Waals surface area contributed by atoms with Gasteiger partial charge in [-0.2, -0.15) is 0 Å². The Bertz CT molecular complexity index is 672. The molecule has 24 heavy (non-hydrogen) atoms. The Morgan fingerprint density at radius 3 is 2.38 bits per heavy atom. The van der Waals surface area contributed by atoms with Crippen LogP contribution in [-0.2, 0) is 0 Å². The van der Waals surface area contributed by atoms with Crippen LogP contribution in [-0.4, -0.2) is 24.3 Å². The summed E-state index contributed by atoms with van der Waals surface area (Å²) in [6, 6.07) is 9.38. The predicted octanol–water partition coefficient (Wildman–Crippen LogP) is 3.22. The molecule has 0 heterocycles. The van der Waals surface area contributed by atoms with Gasteiger partial charge in [0.2, 0.25) is 0 Å². The van der Waals surface area contributed by atoms with E-state index in [1.807, 2.05) is 6.92 Å². The summed E-state index contributed by atoms with van der Waals surface area (Å²) in [6.07, 6.45) is -1.49. The molecule has 0 saturated heterocycles. The SMILES string of the molecule is CCOc1ccc(NC(=O)NCC(O)c2c(F)cccc2F)cc1. The molecule has 0 aliphatic rings. The van der Waals surface area contributed by atoms with Gasteiger partial charge >= 0.3 is 6.03 Å². The smallest absolute Gasteiger partial charge is 0.319 e. The van der Waals surface area contributed by atoms with E-state index in [-0.39, 0.29) is 6.54 Å². The third-order valence-electron chi connectivity index (χ3n) is 3.21. The van der Waals surface area contributed by atoms with E-state index in [9.17, 15) is 18.7 Å². The van der Waals surface area contributed by atoms with Crippen molar-refractivity contribution in [3.05, 3.63) is 59.7 Å². The number of nitrogens with one attached hydrogen (secondary N) is 2. The van der Waals surface area contributed by atoms with Gasteiger partial charge < -0.3 is 20.5 Å². The van der Waals surface area contributed by atoms with Gasteiger partial charge in [0.05, 0.1) is 12.2 Å². The fourth-order valence-electron chi connectivity index (χ4n) is 2.10. The van der Waals surface area contributed by atoms with Crippen molar-refractivity contribution >= 4 is 11.7 Å². The first-order chi connectivity index (χ1) is 11.5. The third kappa shape index (κ3) is 4.66. The van der Waals surface area contributed by atoms with Crippen LogP contribution in [0.3, 0.4) is 0 Å². The Morgan fingerprint density at radius 1 is 1.17 bits per heavy atom. The molecule has 0 aliphatic heterocycles. The Labute approximate surface area is 138 Å². The topological polar surface area (TPSA) is 70.6 Å². The number of amides is 2. The van der Waals surface area contributed by atoms with E-state index in [0.29, 0.717) is 18.0 Å². The zero-order chi connectivity index (χ0) is 17.5. The summed E-state index contributed by atoms with van der Waals surface area (Å²) >= 11 is 0. The van der Waals surface area contributed by atoms with Crippen LogP contribution in [0.4, 0.5) is 19.3 Å². The number of hydrogen-bond acceptors (Lipinski definition) is 3. The molecule has 0 aromatic heterocycles. The molecule has 0 spiro atoms. The molecule has 0 fully saturated rings. The number of hydrogen-bond donors (Lipinski definition) is 3. The second-order valence-corrected chi connectivity index (χ2v) is 4.94. The molecule has 0 radical (unpaired) electrons. The normalized spacial score (nSPS) is 11.7. The maximum atomic E-state index is 13.5. The number of aliphatic hydroxyl groups excluding tert-OH is 1. The molecule has 2 aromatic rings. The Kier molecular flexibility index (Phi) is 6.08. The molecule has 1 unspecified atom stereocenters. The molecule has 5 nitrogen and oxygen atoms in total. The minimum Gasteiger partial charge on any atom is -0.494 e. The summed E-state index contributed by atoms with van der Waals surface area (Å²) in [5.74, 6) is -1.05. The summed E-state index contributed by atoms with van der Waals surface area (Å²) in [4.78, 5) is 11.8. The van der Waals surface area contributed by atoms with Gasteiger partial charge in [0.1, 0.15) is 23.5 Å². The first kappa shape index (κ1) is 17.7. The molecular formula is C17H18F2N2O3. The number of aliphatic hydroxyl groups is 1. The van der Waals surface area contributed by atoms with Crippen LogP contribution in [0, 0.1) is 11.6 Å². The van der Waals surface area contributed by atoms with Crippen molar-refractivity contribution in [1.82, 2.24) is 5.32 Å². The molecule has 0 aliphatic carbocycles. The molecule has 3 N–H and O–H groups in total. The fraction of sp³-hybridized carbons (Fsp3) is 0.235. The molecule has 0 bridgehead atoms. The lowest BCUT2D eigenvalue weighted by atomic mass is 10.1. The van der Waals surface area contributed by atoms with Gasteiger partial charge in [-0.1, -0.05) is 6.07 Å². The highest BCUT2D eigenvalue weighted by molar-refractivity contribution is 5.89. The van der Waals surface area contributed by atoms with Crippen molar-refractivity contribution in [1.29, 1.82) is 0 Å². The molecule has 2 rings (SSSR count). The number of anilines is 1. The number of carbonyl (C=O) groups excluding carboxylic acids is 1. The number of halogens is 2. The maximum absolute atomic E-state index is 13.5. The van der Waals surface area contributed by atoms with Crippen LogP contribution in [0.25, 0.3) is 0 Å². The zero-order valence-electron chi connectivity index (χ0n) is 13.1. The van der Waals surface area contributed by atoms with Gasteiger partial charge in [0, 0.05) is 12.2 Å². The Hall–Kier alpha value is -2.67. The predicted molar refractivity (Wildman–Crippen MR) is 86.0 cm³/mol. The molecule has 7 heteroatoms. The van der Waals surface area contributed by atoms with Crippen LogP contribution < -0.4 is 15.4 Å². The lowest BCUT2D eigenvalue weighted by molar-refractivity contribution is 0.166. The largest absolute Gasteiger partial charge is 0.494 e. The summed E-state index contributed by atoms with van der Waals surface area (Å²) < 4.78 is 32.3. The summed E-state index contributed by atoms with van der Waals surface area (Å²) in [6.45, 7) is 2.07. The molecule has 0 saturated carbocycles. The molecule has 1 atom stereocenters. The van der Waals surface area contributed by atoms with Gasteiger partial charge in [0.15, 0.2) is 0 Å². The second kappa shape index (κ2) is 8.26. The first-order valence-electron chi connectivity index (χ1n) is 7.41. The van der Waals surface area contributed by atoms with Crippen LogP contribution >= 0.6 is 0 Å². The fourth-order valence-corrected chi connectivity index (χ4v) is 2.10. The quantitative estimate of drug-likeness (QED) is 0.758. The van der Waals surface area contributed by atoms with Crippen molar-refractivity contribution in [2.24, 2.45) is 0 Å². The highest BCUT2D eigenvalue weighted by atomic mass is 19.1. The minimum absolute atomic E-state index is 0.333. The van der Waals surface area contributed by atoms with Crippen LogP contribution in [0.2, 0.25) is 0 Å². The average molecular weight is 336 g/mol. The number of benzene rings is 2. The number of carbonyl (C=O) groups is 1. The van der Waals surface area contributed by atoms with Gasteiger partial charge in [-0.25, -0.2) is 13.6 Å². The monoisotopic (exact) mass is 336 g/mol. The standard InChI is InChI=1S/C17H18F2N2O3/c1-2-24-12-8-6-11(7-9-12)21-17(23)20-10-15(22)16-13(18)4-3-5-14(16)19/h3-9,15,22H,2,10H2,1H3,(H2,20,21,23). The Morgan fingerprint density at radius 2 is 1.79 bits per heavy atom. The summed E-state index contributed by atoms with van der Waals surface area (Å²) in [7, 11) is 0. The minimum atomic E-state index is -1.49. The van der Waals surface area contributed by atoms with E-state index in [4.69, 9.17) is 4.74 Å². The van der Waals surface area contributed by atoms with E-state index in [1.165, 1.54) is 6.07 Å². The number of urea groups is 1. The van der Waals surface area contributed by atoms with Gasteiger partial charge in [0.25, 0.3) is 0 Å². The third-order valence-corrected chi connectivity index (χ3v) is 3.21. The number of ether oxygens (including phenoxy) is 1. The van der Waals surface area contributed by atoms with Crippen molar-refractivity contribution in [3.8, 4) is 5.75 Å². The van der Waals surface area contributed by atoms with Crippen molar-refractivity contribution in [2.75, 3.05) is 18.5 Å². The van der Waals surface area contributed by atoms with Crippen molar-refractivity contribution in [2.45, 2.75) is 13.0 Å². The zero-order valence-corrected chi connectivity index (χ0v) is 13.1. The second-order valence-electron chi connectivity index (χ2n) is 4.94. The summed E-state index contributed by atoms with van der Waals surface area (Å²) in [5, 5.41) is 14.8. The molecule has 2 amide bonds. The van der Waals surface area contributed by atoms with Crippen LogP contribution in [0.15, 0.2) is 42.5 Å². The number of rotatable bonds is 6. The summed E-state index contributed by atoms with van der Waals surface area (Å²) in [5.41, 5.74) is 0.0429. The van der Waals surface area contributed by atoms with Gasteiger partial charge in [-0.3, -0.25) is 0 Å². The van der Waals surface area contributed by atoms with E-state index >= 15 is 0 Å². The Balaban J connectivity index is 1.88. The highest BCUT2D eigenvalue weighted by Gasteiger charge is 2.18. The van der Waals surface area contributed by atoms with Gasteiger partial charge in [-0.15, -0.1) is 0 Å². The highest BCUT2D eigenvalue weighted by Crippen LogP contribution is 2.20. The van der Waals surface area contributed by atoms with E-state index in [1.54, 1.807) is 24.3 Å².